The Bertz CT molecular complexity index is 757. The van der Waals surface area contributed by atoms with E-state index in [1.165, 1.54) is 17.1 Å². The van der Waals surface area contributed by atoms with Crippen molar-refractivity contribution < 1.29 is 0 Å². The van der Waals surface area contributed by atoms with Crippen LogP contribution in [0, 0.1) is 0 Å². The summed E-state index contributed by atoms with van der Waals surface area (Å²) in [5.74, 6) is 1.91. The number of likely N-dealkylation sites (N-methyl/N-ethyl adjacent to an activating group) is 1. The first-order chi connectivity index (χ1) is 13.6. The summed E-state index contributed by atoms with van der Waals surface area (Å²) < 4.78 is 4.41. The molecular weight excluding hydrogens is 497 g/mol. The van der Waals surface area contributed by atoms with Crippen molar-refractivity contribution in [1.82, 2.24) is 24.5 Å². The predicted octanol–water partition coefficient (Wildman–Crippen LogP) is 2.72. The summed E-state index contributed by atoms with van der Waals surface area (Å²) in [5.41, 5.74) is 1.31. The molecule has 1 aromatic heterocycles. The van der Waals surface area contributed by atoms with E-state index < -0.39 is 0 Å². The van der Waals surface area contributed by atoms with Crippen molar-refractivity contribution >= 4 is 46.6 Å². The van der Waals surface area contributed by atoms with Crippen LogP contribution in [0.15, 0.2) is 35.3 Å². The number of guanidine groups is 1. The number of nitrogens with one attached hydrogen (secondary N) is 1. The number of benzene rings is 1. The van der Waals surface area contributed by atoms with E-state index in [2.05, 4.69) is 85.7 Å². The van der Waals surface area contributed by atoms with Crippen LogP contribution in [0.25, 0.3) is 0 Å². The van der Waals surface area contributed by atoms with Gasteiger partial charge in [-0.3, -0.25) is 4.99 Å². The molecule has 7 nitrogen and oxygen atoms in total. The fourth-order valence-electron chi connectivity index (χ4n) is 3.42. The number of aryl methyl sites for hydroxylation is 1. The minimum absolute atomic E-state index is 0. The van der Waals surface area contributed by atoms with E-state index in [-0.39, 0.29) is 24.0 Å². The molecule has 1 N–H and O–H groups in total. The van der Waals surface area contributed by atoms with Crippen LogP contribution in [0.4, 0.5) is 5.13 Å². The zero-order valence-corrected chi connectivity index (χ0v) is 20.9. The van der Waals surface area contributed by atoms with Gasteiger partial charge in [0, 0.05) is 57.7 Å². The van der Waals surface area contributed by atoms with Gasteiger partial charge in [0.1, 0.15) is 5.82 Å². The number of rotatable bonds is 6. The quantitative estimate of drug-likeness (QED) is 0.353. The van der Waals surface area contributed by atoms with Crippen LogP contribution in [0.5, 0.6) is 0 Å². The molecule has 1 aliphatic heterocycles. The third kappa shape index (κ3) is 6.26. The van der Waals surface area contributed by atoms with Crippen molar-refractivity contribution in [3.8, 4) is 0 Å². The van der Waals surface area contributed by atoms with Crippen molar-refractivity contribution in [3.05, 3.63) is 41.7 Å². The van der Waals surface area contributed by atoms with Crippen molar-refractivity contribution in [2.75, 3.05) is 58.8 Å². The lowest BCUT2D eigenvalue weighted by atomic mass is 10.1. The lowest BCUT2D eigenvalue weighted by molar-refractivity contribution is 0.292. The summed E-state index contributed by atoms with van der Waals surface area (Å²) in [6.07, 6.45) is 0.890. The molecule has 0 aliphatic carbocycles. The van der Waals surface area contributed by atoms with Crippen LogP contribution in [-0.4, -0.2) is 79.0 Å². The van der Waals surface area contributed by atoms with E-state index >= 15 is 0 Å². The summed E-state index contributed by atoms with van der Waals surface area (Å²) in [6.45, 7) is 6.65. The highest BCUT2D eigenvalue weighted by molar-refractivity contribution is 14.0. The molecule has 2 heterocycles. The van der Waals surface area contributed by atoms with Gasteiger partial charge in [0.2, 0.25) is 5.13 Å². The van der Waals surface area contributed by atoms with Crippen LogP contribution in [-0.2, 0) is 6.42 Å². The standard InChI is InChI=1S/C20H31N7S.HI/c1-5-18-23-20(28-24-18)27-13-11-26(12-14-27)19(21-2)22-15-17(25(3)4)16-9-7-6-8-10-16;/h6-10,17H,5,11-15H2,1-4H3,(H,21,22);1H. The van der Waals surface area contributed by atoms with Crippen molar-refractivity contribution in [1.29, 1.82) is 0 Å². The molecule has 1 unspecified atom stereocenters. The molecule has 1 fully saturated rings. The summed E-state index contributed by atoms with van der Waals surface area (Å²) in [5, 5.41) is 4.62. The van der Waals surface area contributed by atoms with Gasteiger partial charge < -0.3 is 20.0 Å². The minimum Gasteiger partial charge on any atom is -0.354 e. The van der Waals surface area contributed by atoms with E-state index in [1.807, 2.05) is 7.05 Å². The Labute approximate surface area is 195 Å². The number of aliphatic imine (C=N–C) groups is 1. The van der Waals surface area contributed by atoms with Crippen LogP contribution < -0.4 is 10.2 Å². The maximum atomic E-state index is 4.62. The number of hydrogen-bond acceptors (Lipinski definition) is 6. The van der Waals surface area contributed by atoms with Gasteiger partial charge in [0.25, 0.3) is 0 Å². The molecule has 0 spiro atoms. The second-order valence-corrected chi connectivity index (χ2v) is 7.87. The molecular formula is C20H32IN7S. The van der Waals surface area contributed by atoms with Gasteiger partial charge in [-0.25, -0.2) is 4.98 Å². The highest BCUT2D eigenvalue weighted by Crippen LogP contribution is 2.20. The second-order valence-electron chi connectivity index (χ2n) is 7.14. The Morgan fingerprint density at radius 2 is 1.90 bits per heavy atom. The van der Waals surface area contributed by atoms with Gasteiger partial charge in [-0.2, -0.15) is 4.37 Å². The Morgan fingerprint density at radius 3 is 2.45 bits per heavy atom. The van der Waals surface area contributed by atoms with Gasteiger partial charge in [-0.15, -0.1) is 24.0 Å². The highest BCUT2D eigenvalue weighted by atomic mass is 127. The Kier molecular flexibility index (Phi) is 9.57. The minimum atomic E-state index is 0. The van der Waals surface area contributed by atoms with Gasteiger partial charge in [0.15, 0.2) is 5.96 Å². The van der Waals surface area contributed by atoms with E-state index in [0.717, 1.165) is 56.1 Å². The maximum absolute atomic E-state index is 4.62. The molecule has 1 aliphatic rings. The first kappa shape index (κ1) is 23.8. The molecule has 0 amide bonds. The van der Waals surface area contributed by atoms with Crippen LogP contribution in [0.2, 0.25) is 0 Å². The van der Waals surface area contributed by atoms with Gasteiger partial charge in [0.05, 0.1) is 6.04 Å². The number of piperazine rings is 1. The molecule has 2 aromatic rings. The third-order valence-electron chi connectivity index (χ3n) is 5.10. The molecule has 0 radical (unpaired) electrons. The number of hydrogen-bond donors (Lipinski definition) is 1. The normalized spacial score (nSPS) is 16.0. The van der Waals surface area contributed by atoms with Crippen molar-refractivity contribution in [2.24, 2.45) is 4.99 Å². The SMILES string of the molecule is CCc1nsc(N2CCN(C(=NC)NCC(c3ccccc3)N(C)C)CC2)n1.I. The predicted molar refractivity (Wildman–Crippen MR) is 133 cm³/mol. The molecule has 1 atom stereocenters. The summed E-state index contributed by atoms with van der Waals surface area (Å²) in [7, 11) is 6.10. The zero-order valence-electron chi connectivity index (χ0n) is 17.7. The molecule has 160 valence electrons. The first-order valence-electron chi connectivity index (χ1n) is 9.86. The maximum Gasteiger partial charge on any atom is 0.205 e. The zero-order chi connectivity index (χ0) is 19.9. The molecule has 9 heteroatoms. The second kappa shape index (κ2) is 11.7. The number of aromatic nitrogens is 2. The molecule has 1 saturated heterocycles. The average Bonchev–Trinajstić information content (AvgIpc) is 3.21. The summed E-state index contributed by atoms with van der Waals surface area (Å²) in [4.78, 5) is 16.0. The van der Waals surface area contributed by atoms with Crippen LogP contribution in [0.3, 0.4) is 0 Å². The van der Waals surface area contributed by atoms with E-state index in [9.17, 15) is 0 Å². The molecule has 3 rings (SSSR count). The van der Waals surface area contributed by atoms with E-state index in [1.54, 1.807) is 0 Å². The van der Waals surface area contributed by atoms with Gasteiger partial charge in [-0.05, 0) is 19.7 Å². The molecule has 0 saturated carbocycles. The largest absolute Gasteiger partial charge is 0.354 e. The van der Waals surface area contributed by atoms with E-state index in [4.69, 9.17) is 0 Å². The third-order valence-corrected chi connectivity index (χ3v) is 5.91. The molecule has 0 bridgehead atoms. The Morgan fingerprint density at radius 1 is 1.21 bits per heavy atom. The van der Waals surface area contributed by atoms with Crippen LogP contribution >= 0.6 is 35.5 Å². The fraction of sp³-hybridized carbons (Fsp3) is 0.550. The average molecular weight is 529 g/mol. The number of anilines is 1. The Hall–Kier alpha value is -1.46. The van der Waals surface area contributed by atoms with Gasteiger partial charge in [-0.1, -0.05) is 37.3 Å². The Balaban J connectivity index is 0.00000300. The van der Waals surface area contributed by atoms with Crippen molar-refractivity contribution in [3.63, 3.8) is 0 Å². The first-order valence-corrected chi connectivity index (χ1v) is 10.6. The topological polar surface area (TPSA) is 59.9 Å². The number of nitrogens with zero attached hydrogens (tertiary/aromatic N) is 6. The summed E-state index contributed by atoms with van der Waals surface area (Å²) in [6, 6.07) is 10.9. The van der Waals surface area contributed by atoms with Gasteiger partial charge >= 0.3 is 0 Å². The van der Waals surface area contributed by atoms with Crippen molar-refractivity contribution in [2.45, 2.75) is 19.4 Å². The lowest BCUT2D eigenvalue weighted by Crippen LogP contribution is -2.53. The monoisotopic (exact) mass is 529 g/mol. The number of halogens is 1. The highest BCUT2D eigenvalue weighted by Gasteiger charge is 2.23. The van der Waals surface area contributed by atoms with Crippen LogP contribution in [0.1, 0.15) is 24.4 Å². The van der Waals surface area contributed by atoms with E-state index in [0.29, 0.717) is 6.04 Å². The molecule has 1 aromatic carbocycles. The smallest absolute Gasteiger partial charge is 0.205 e. The fourth-order valence-corrected chi connectivity index (χ4v) is 4.22. The molecule has 29 heavy (non-hydrogen) atoms. The lowest BCUT2D eigenvalue weighted by Gasteiger charge is -2.37. The summed E-state index contributed by atoms with van der Waals surface area (Å²) >= 11 is 1.51.